The number of hydrogen-bond acceptors (Lipinski definition) is 7. The molecule has 0 saturated heterocycles. The van der Waals surface area contributed by atoms with E-state index in [1.807, 2.05) is 51.1 Å². The molecule has 1 aromatic heterocycles. The number of aliphatic carboxylic acids is 1. The molecule has 40 heavy (non-hydrogen) atoms. The van der Waals surface area contributed by atoms with Crippen molar-refractivity contribution in [2.75, 3.05) is 6.54 Å². The van der Waals surface area contributed by atoms with Crippen molar-refractivity contribution in [2.24, 2.45) is 12.8 Å². The van der Waals surface area contributed by atoms with Gasteiger partial charge in [-0.15, -0.1) is 5.10 Å². The first-order chi connectivity index (χ1) is 19.0. The van der Waals surface area contributed by atoms with E-state index in [0.29, 0.717) is 23.3 Å². The van der Waals surface area contributed by atoms with Gasteiger partial charge in [-0.3, -0.25) is 4.79 Å². The first kappa shape index (κ1) is 27.8. The van der Waals surface area contributed by atoms with E-state index in [1.54, 1.807) is 36.0 Å². The minimum absolute atomic E-state index is 0.105. The molecule has 3 N–H and O–H groups in total. The van der Waals surface area contributed by atoms with Gasteiger partial charge in [0.05, 0.1) is 12.1 Å². The van der Waals surface area contributed by atoms with E-state index in [-0.39, 0.29) is 24.1 Å². The fraction of sp³-hybridized carbons (Fsp3) is 0.345. The summed E-state index contributed by atoms with van der Waals surface area (Å²) in [5.74, 6) is -1.48. The van der Waals surface area contributed by atoms with Crippen molar-refractivity contribution in [3.63, 3.8) is 0 Å². The second-order valence-electron chi connectivity index (χ2n) is 10.3. The molecular weight excluding hydrogens is 530 g/mol. The largest absolute Gasteiger partial charge is 0.488 e. The first-order valence-electron chi connectivity index (χ1n) is 13.2. The zero-order valence-corrected chi connectivity index (χ0v) is 23.7. The summed E-state index contributed by atoms with van der Waals surface area (Å²) in [7, 11) is -2.05. The molecule has 0 aliphatic carbocycles. The summed E-state index contributed by atoms with van der Waals surface area (Å²) in [6.07, 6.45) is 0.329. The van der Waals surface area contributed by atoms with Crippen LogP contribution in [0.1, 0.15) is 47.1 Å². The number of nitrogens with two attached hydrogens (primary N) is 1. The lowest BCUT2D eigenvalue weighted by atomic mass is 9.82. The number of hydrogen-bond donors (Lipinski definition) is 2. The van der Waals surface area contributed by atoms with Crippen LogP contribution in [0.2, 0.25) is 0 Å². The molecule has 0 amide bonds. The molecule has 0 saturated carbocycles. The Morgan fingerprint density at radius 2 is 1.93 bits per heavy atom. The van der Waals surface area contributed by atoms with Gasteiger partial charge < -0.3 is 15.6 Å². The number of benzene rings is 3. The molecule has 0 fully saturated rings. The molecule has 5 rings (SSSR count). The fourth-order valence-electron chi connectivity index (χ4n) is 5.36. The number of sulfonamides is 1. The second kappa shape index (κ2) is 10.6. The van der Waals surface area contributed by atoms with Crippen LogP contribution in [-0.2, 0) is 28.4 Å². The van der Waals surface area contributed by atoms with Gasteiger partial charge in [0.1, 0.15) is 28.3 Å². The van der Waals surface area contributed by atoms with Crippen molar-refractivity contribution < 1.29 is 23.1 Å². The molecule has 2 heterocycles. The molecule has 3 atom stereocenters. The molecule has 0 spiro atoms. The standard InChI is InChI=1S/C29H33N5O5S/c1-5-21-16-34(40(37,38)25-9-7-6-8-24(25)39-21)15-20-14-19(11-10-17(20)2)26(27(30)29(35)36)22-12-13-23-28(18(22)3)31-32-33(23)4/h6-14,21,26-27H,5,15-16,30H2,1-4H3,(H,35,36). The number of aryl methyl sites for hydroxylation is 3. The highest BCUT2D eigenvalue weighted by atomic mass is 32.2. The summed E-state index contributed by atoms with van der Waals surface area (Å²) in [5.41, 5.74) is 11.7. The molecule has 0 radical (unpaired) electrons. The number of carbonyl (C=O) groups is 1. The predicted molar refractivity (Wildman–Crippen MR) is 151 cm³/mol. The molecular formula is C29H33N5O5S. The minimum Gasteiger partial charge on any atom is -0.488 e. The third-order valence-electron chi connectivity index (χ3n) is 7.76. The summed E-state index contributed by atoms with van der Waals surface area (Å²) in [4.78, 5) is 12.3. The third-order valence-corrected chi connectivity index (χ3v) is 9.61. The highest BCUT2D eigenvalue weighted by Gasteiger charge is 2.35. The summed E-state index contributed by atoms with van der Waals surface area (Å²) in [6.45, 7) is 6.05. The predicted octanol–water partition coefficient (Wildman–Crippen LogP) is 3.49. The Morgan fingerprint density at radius 1 is 1.18 bits per heavy atom. The van der Waals surface area contributed by atoms with E-state index < -0.39 is 28.0 Å². The second-order valence-corrected chi connectivity index (χ2v) is 12.2. The zero-order valence-electron chi connectivity index (χ0n) is 22.9. The summed E-state index contributed by atoms with van der Waals surface area (Å²) < 4.78 is 36.6. The molecule has 1 aliphatic heterocycles. The van der Waals surface area contributed by atoms with Crippen molar-refractivity contribution in [3.05, 3.63) is 82.4 Å². The average molecular weight is 564 g/mol. The molecule has 10 nitrogen and oxygen atoms in total. The van der Waals surface area contributed by atoms with E-state index >= 15 is 0 Å². The Labute approximate surface area is 233 Å². The van der Waals surface area contributed by atoms with E-state index in [1.165, 1.54) is 4.31 Å². The Bertz CT molecular complexity index is 1700. The normalized spacial score (nSPS) is 18.5. The van der Waals surface area contributed by atoms with Crippen LogP contribution >= 0.6 is 0 Å². The van der Waals surface area contributed by atoms with E-state index in [2.05, 4.69) is 10.3 Å². The number of carboxylic acids is 1. The minimum atomic E-state index is -3.85. The maximum atomic E-state index is 13.7. The maximum absolute atomic E-state index is 13.7. The van der Waals surface area contributed by atoms with Crippen LogP contribution in [0.3, 0.4) is 0 Å². The van der Waals surface area contributed by atoms with Crippen LogP contribution in [0.15, 0.2) is 59.5 Å². The van der Waals surface area contributed by atoms with Crippen molar-refractivity contribution in [3.8, 4) is 5.75 Å². The highest BCUT2D eigenvalue weighted by Crippen LogP contribution is 2.36. The molecule has 3 aromatic carbocycles. The van der Waals surface area contributed by atoms with Crippen molar-refractivity contribution in [2.45, 2.75) is 56.7 Å². The molecule has 4 aromatic rings. The highest BCUT2D eigenvalue weighted by molar-refractivity contribution is 7.89. The molecule has 210 valence electrons. The lowest BCUT2D eigenvalue weighted by Gasteiger charge is -2.26. The van der Waals surface area contributed by atoms with Gasteiger partial charge in [-0.05, 0) is 66.3 Å². The van der Waals surface area contributed by atoms with E-state index in [0.717, 1.165) is 27.8 Å². The van der Waals surface area contributed by atoms with Crippen molar-refractivity contribution >= 4 is 27.0 Å². The Hall–Kier alpha value is -3.80. The van der Waals surface area contributed by atoms with E-state index in [4.69, 9.17) is 10.5 Å². The number of rotatable bonds is 7. The summed E-state index contributed by atoms with van der Waals surface area (Å²) >= 11 is 0. The topological polar surface area (TPSA) is 141 Å². The van der Waals surface area contributed by atoms with Gasteiger partial charge in [-0.2, -0.15) is 4.31 Å². The van der Waals surface area contributed by atoms with Crippen LogP contribution in [0.5, 0.6) is 5.75 Å². The number of para-hydroxylation sites is 1. The lowest BCUT2D eigenvalue weighted by Crippen LogP contribution is -2.38. The van der Waals surface area contributed by atoms with Crippen molar-refractivity contribution in [1.82, 2.24) is 19.3 Å². The summed E-state index contributed by atoms with van der Waals surface area (Å²) in [6, 6.07) is 14.8. The lowest BCUT2D eigenvalue weighted by molar-refractivity contribution is -0.138. The SMILES string of the molecule is CCC1CN(Cc2cc(C(c3ccc4c(nnn4C)c3C)C(N)C(=O)O)ccc2C)S(=O)(=O)c2ccccc2O1. The zero-order chi connectivity index (χ0) is 28.8. The van der Waals surface area contributed by atoms with Crippen LogP contribution in [0.4, 0.5) is 0 Å². The molecule has 3 unspecified atom stereocenters. The number of carboxylic acid groups (broad SMARTS) is 1. The first-order valence-corrected chi connectivity index (χ1v) is 14.6. The summed E-state index contributed by atoms with van der Waals surface area (Å²) in [5, 5.41) is 18.3. The van der Waals surface area contributed by atoms with Crippen LogP contribution in [-0.4, -0.2) is 57.5 Å². The van der Waals surface area contributed by atoms with Gasteiger partial charge in [-0.25, -0.2) is 13.1 Å². The van der Waals surface area contributed by atoms with Gasteiger partial charge in [0.15, 0.2) is 0 Å². The molecule has 1 aliphatic rings. The van der Waals surface area contributed by atoms with E-state index in [9.17, 15) is 18.3 Å². The number of fused-ring (bicyclic) bond motifs is 2. The number of ether oxygens (including phenoxy) is 1. The number of aromatic nitrogens is 3. The van der Waals surface area contributed by atoms with Gasteiger partial charge in [0.25, 0.3) is 0 Å². The smallest absolute Gasteiger partial charge is 0.321 e. The molecule has 0 bridgehead atoms. The quantitative estimate of drug-likeness (QED) is 0.348. The molecule has 11 heteroatoms. The van der Waals surface area contributed by atoms with Crippen molar-refractivity contribution in [1.29, 1.82) is 0 Å². The Morgan fingerprint density at radius 3 is 2.65 bits per heavy atom. The van der Waals surface area contributed by atoms with Gasteiger partial charge in [0, 0.05) is 19.5 Å². The fourth-order valence-corrected chi connectivity index (χ4v) is 6.93. The number of nitrogens with zero attached hydrogens (tertiary/aromatic N) is 4. The monoisotopic (exact) mass is 563 g/mol. The van der Waals surface area contributed by atoms with Gasteiger partial charge >= 0.3 is 5.97 Å². The Kier molecular flexibility index (Phi) is 7.38. The van der Waals surface area contributed by atoms with Gasteiger partial charge in [-0.1, -0.05) is 48.5 Å². The maximum Gasteiger partial charge on any atom is 0.321 e. The van der Waals surface area contributed by atoms with Crippen LogP contribution in [0, 0.1) is 13.8 Å². The average Bonchev–Trinajstić information content (AvgIpc) is 3.27. The van der Waals surface area contributed by atoms with Gasteiger partial charge in [0.2, 0.25) is 10.0 Å². The van der Waals surface area contributed by atoms with Crippen LogP contribution in [0.25, 0.3) is 11.0 Å². The Balaban J connectivity index is 1.59. The third kappa shape index (κ3) is 4.85. The van der Waals surface area contributed by atoms with Crippen LogP contribution < -0.4 is 10.5 Å².